The lowest BCUT2D eigenvalue weighted by Gasteiger charge is -1.94. The normalized spacial score (nSPS) is 18.8. The second-order valence-electron chi connectivity index (χ2n) is 1.73. The van der Waals surface area contributed by atoms with Crippen LogP contribution in [0.3, 0.4) is 0 Å². The average molecular weight is 221 g/mol. The molecule has 0 saturated carbocycles. The number of allylic oxidation sites excluding steroid dienone is 4. The van der Waals surface area contributed by atoms with Crippen LogP contribution in [0.25, 0.3) is 0 Å². The highest BCUT2D eigenvalue weighted by Gasteiger charge is 1.88. The molecule has 8 heavy (non-hydrogen) atoms. The molecule has 0 bridgehead atoms. The zero-order valence-corrected chi connectivity index (χ0v) is 7.14. The Kier molecular flexibility index (Phi) is 1.94. The minimum atomic E-state index is 0.0295. The highest BCUT2D eigenvalue weighted by atomic mass is 127. The van der Waals surface area contributed by atoms with Crippen molar-refractivity contribution in [1.29, 1.82) is 0 Å². The van der Waals surface area contributed by atoms with Gasteiger partial charge in [0.15, 0.2) is 0 Å². The van der Waals surface area contributed by atoms with E-state index in [4.69, 9.17) is 0 Å². The van der Waals surface area contributed by atoms with Crippen molar-refractivity contribution in [3.05, 3.63) is 21.4 Å². The molecule has 0 aromatic carbocycles. The predicted molar refractivity (Wildman–Crippen MR) is 44.0 cm³/mol. The van der Waals surface area contributed by atoms with E-state index in [1.165, 1.54) is 9.28 Å². The van der Waals surface area contributed by atoms with Crippen molar-refractivity contribution in [1.82, 2.24) is 0 Å². The van der Waals surface area contributed by atoms with Crippen molar-refractivity contribution in [2.75, 3.05) is 0 Å². The first-order valence-electron chi connectivity index (χ1n) is 2.49. The molecule has 0 spiro atoms. The van der Waals surface area contributed by atoms with Crippen LogP contribution in [0.2, 0.25) is 0 Å². The number of rotatable bonds is 0. The summed E-state index contributed by atoms with van der Waals surface area (Å²) in [6.07, 6.45) is 4.23. The summed E-state index contributed by atoms with van der Waals surface area (Å²) in [7, 11) is 0. The molecular weight excluding hydrogens is 213 g/mol. The summed E-state index contributed by atoms with van der Waals surface area (Å²) in [5.41, 5.74) is 1.18. The van der Waals surface area contributed by atoms with Crippen LogP contribution < -0.4 is 0 Å². The zero-order valence-electron chi connectivity index (χ0n) is 4.98. The fourth-order valence-electron chi connectivity index (χ4n) is 0.425. The highest BCUT2D eigenvalue weighted by molar-refractivity contribution is 14.2. The van der Waals surface area contributed by atoms with E-state index in [1.807, 2.05) is 6.92 Å². The van der Waals surface area contributed by atoms with Crippen LogP contribution in [0.15, 0.2) is 24.6 Å². The molecular formula is C6H8IN. The molecule has 2 heteroatoms. The van der Waals surface area contributed by atoms with Crippen LogP contribution in [0.1, 0.15) is 13.8 Å². The Hall–Kier alpha value is 0.01000. The molecule has 1 nitrogen and oxygen atoms in total. The van der Waals surface area contributed by atoms with Gasteiger partial charge in [0.05, 0.1) is 0 Å². The van der Waals surface area contributed by atoms with Gasteiger partial charge in [0.25, 0.3) is 0 Å². The molecule has 0 N–H and O–H groups in total. The third-order valence-corrected chi connectivity index (χ3v) is 2.99. The lowest BCUT2D eigenvalue weighted by Crippen LogP contribution is -1.68. The molecule has 0 unspecified atom stereocenters. The predicted octanol–water partition coefficient (Wildman–Crippen LogP) is 2.96. The first-order chi connectivity index (χ1) is 3.79. The molecule has 1 rings (SSSR count). The van der Waals surface area contributed by atoms with Gasteiger partial charge in [-0.05, 0) is 19.9 Å². The van der Waals surface area contributed by atoms with Crippen molar-refractivity contribution in [2.45, 2.75) is 13.8 Å². The molecule has 0 fully saturated rings. The molecule has 0 radical (unpaired) electrons. The average Bonchev–Trinajstić information content (AvgIpc) is 1.77. The van der Waals surface area contributed by atoms with Crippen LogP contribution in [-0.2, 0) is 0 Å². The minimum Gasteiger partial charge on any atom is -0.227 e. The maximum Gasteiger partial charge on any atom is 0.0434 e. The molecule has 1 heterocycles. The van der Waals surface area contributed by atoms with Gasteiger partial charge in [-0.2, -0.15) is 0 Å². The second-order valence-corrected chi connectivity index (χ2v) is 4.40. The molecule has 0 aliphatic carbocycles. The van der Waals surface area contributed by atoms with Crippen molar-refractivity contribution >= 4 is 21.0 Å². The number of halogens is 1. The van der Waals surface area contributed by atoms with Gasteiger partial charge in [-0.3, -0.25) is 0 Å². The van der Waals surface area contributed by atoms with Crippen LogP contribution >= 0.6 is 21.0 Å². The third kappa shape index (κ3) is 1.51. The maximum atomic E-state index is 4.31. The van der Waals surface area contributed by atoms with Gasteiger partial charge in [0.1, 0.15) is 0 Å². The van der Waals surface area contributed by atoms with Gasteiger partial charge in [0.2, 0.25) is 0 Å². The van der Waals surface area contributed by atoms with Gasteiger partial charge >= 0.3 is 0 Å². The van der Waals surface area contributed by atoms with Crippen molar-refractivity contribution in [3.8, 4) is 0 Å². The first-order valence-corrected chi connectivity index (χ1v) is 4.54. The second kappa shape index (κ2) is 2.53. The number of nitrogens with zero attached hydrogens (tertiary/aromatic N) is 1. The minimum absolute atomic E-state index is 0.0295. The quantitative estimate of drug-likeness (QED) is 0.557. The molecule has 0 amide bonds. The fraction of sp³-hybridized carbons (Fsp3) is 0.333. The van der Waals surface area contributed by atoms with E-state index in [0.29, 0.717) is 0 Å². The van der Waals surface area contributed by atoms with Gasteiger partial charge in [-0.25, -0.2) is 3.15 Å². The van der Waals surface area contributed by atoms with Crippen molar-refractivity contribution < 1.29 is 0 Å². The monoisotopic (exact) mass is 221 g/mol. The first kappa shape index (κ1) is 6.13. The molecule has 0 aromatic heterocycles. The summed E-state index contributed by atoms with van der Waals surface area (Å²) in [4.78, 5) is 0. The van der Waals surface area contributed by atoms with Gasteiger partial charge in [0, 0.05) is 30.3 Å². The molecule has 44 valence electrons. The summed E-state index contributed by atoms with van der Waals surface area (Å²) < 4.78 is 5.77. The summed E-state index contributed by atoms with van der Waals surface area (Å²) in [5.74, 6) is 0. The van der Waals surface area contributed by atoms with Crippen molar-refractivity contribution in [3.63, 3.8) is 0 Å². The van der Waals surface area contributed by atoms with Gasteiger partial charge in [-0.15, -0.1) is 0 Å². The van der Waals surface area contributed by atoms with E-state index in [0.717, 1.165) is 0 Å². The zero-order chi connectivity index (χ0) is 5.98. The van der Waals surface area contributed by atoms with Crippen LogP contribution in [0.5, 0.6) is 0 Å². The van der Waals surface area contributed by atoms with Crippen LogP contribution in [0, 0.1) is 0 Å². The largest absolute Gasteiger partial charge is 0.227 e. The topological polar surface area (TPSA) is 12.4 Å². The fourth-order valence-corrected chi connectivity index (χ4v) is 1.69. The lowest BCUT2D eigenvalue weighted by atomic mass is 10.4. The number of hydrogen-bond donors (Lipinski definition) is 0. The summed E-state index contributed by atoms with van der Waals surface area (Å²) in [6.45, 7) is 4.18. The number of hydrogen-bond acceptors (Lipinski definition) is 1. The molecule has 0 saturated heterocycles. The third-order valence-electron chi connectivity index (χ3n) is 0.863. The smallest absolute Gasteiger partial charge is 0.0434 e. The van der Waals surface area contributed by atoms with E-state index < -0.39 is 0 Å². The summed E-state index contributed by atoms with van der Waals surface area (Å²) >= 11 is 0.0295. The van der Waals surface area contributed by atoms with E-state index in [9.17, 15) is 0 Å². The molecule has 0 atom stereocenters. The lowest BCUT2D eigenvalue weighted by molar-refractivity contribution is 1.35. The SMILES string of the molecule is CC1=CC=C(C)I=N1. The Labute approximate surface area is 59.6 Å². The Morgan fingerprint density at radius 1 is 1.38 bits per heavy atom. The molecule has 0 aromatic rings. The summed E-state index contributed by atoms with van der Waals surface area (Å²) in [6, 6.07) is 0. The Bertz CT molecular complexity index is 157. The van der Waals surface area contributed by atoms with E-state index in [2.05, 4.69) is 22.2 Å². The van der Waals surface area contributed by atoms with E-state index >= 15 is 0 Å². The Morgan fingerprint density at radius 3 is 2.50 bits per heavy atom. The van der Waals surface area contributed by atoms with Gasteiger partial charge in [-0.1, -0.05) is 6.08 Å². The van der Waals surface area contributed by atoms with E-state index in [-0.39, 0.29) is 21.0 Å². The summed E-state index contributed by atoms with van der Waals surface area (Å²) in [5, 5.41) is 0. The van der Waals surface area contributed by atoms with Gasteiger partial charge < -0.3 is 0 Å². The molecule has 1 aliphatic rings. The maximum absolute atomic E-state index is 4.31. The highest BCUT2D eigenvalue weighted by Crippen LogP contribution is 2.22. The van der Waals surface area contributed by atoms with Crippen molar-refractivity contribution in [2.24, 2.45) is 3.15 Å². The Morgan fingerprint density at radius 2 is 2.12 bits per heavy atom. The van der Waals surface area contributed by atoms with Crippen LogP contribution in [0.4, 0.5) is 0 Å². The van der Waals surface area contributed by atoms with Crippen LogP contribution in [-0.4, -0.2) is 0 Å². The van der Waals surface area contributed by atoms with E-state index in [1.54, 1.807) is 0 Å². The Balaban J connectivity index is 2.86. The molecule has 1 aliphatic heterocycles. The standard InChI is InChI=1S/C6H8IN/c1-5-3-4-6(2)8-7-5/h3-4H,1-2H3.